The van der Waals surface area contributed by atoms with Crippen LogP contribution in [-0.2, 0) is 0 Å². The summed E-state index contributed by atoms with van der Waals surface area (Å²) in [6, 6.07) is 11.5. The second kappa shape index (κ2) is 7.63. The van der Waals surface area contributed by atoms with Crippen LogP contribution in [0.4, 0.5) is 20.2 Å². The van der Waals surface area contributed by atoms with Gasteiger partial charge in [-0.15, -0.1) is 0 Å². The van der Waals surface area contributed by atoms with Crippen LogP contribution in [-0.4, -0.2) is 33.7 Å². The number of hydrogen-bond acceptors (Lipinski definition) is 4. The molecule has 0 radical (unpaired) electrons. The van der Waals surface area contributed by atoms with E-state index in [2.05, 4.69) is 10.1 Å². The summed E-state index contributed by atoms with van der Waals surface area (Å²) >= 11 is 0. The number of nitrogens with one attached hydrogen (secondary N) is 1. The Balaban J connectivity index is 2.25. The number of rotatable bonds is 6. The lowest BCUT2D eigenvalue weighted by Crippen LogP contribution is -2.16. The average Bonchev–Trinajstić information content (AvgIpc) is 2.55. The molecule has 1 amide bonds. The topological polar surface area (TPSA) is 50.8 Å². The maximum atomic E-state index is 12.6. The van der Waals surface area contributed by atoms with E-state index in [0.29, 0.717) is 5.69 Å². The van der Waals surface area contributed by atoms with E-state index in [1.165, 1.54) is 25.3 Å². The van der Waals surface area contributed by atoms with Crippen LogP contribution < -0.4 is 19.7 Å². The van der Waals surface area contributed by atoms with Gasteiger partial charge in [0.05, 0.1) is 12.7 Å². The molecule has 2 rings (SSSR count). The summed E-state index contributed by atoms with van der Waals surface area (Å²) in [5.41, 5.74) is 1.47. The molecule has 24 heavy (non-hydrogen) atoms. The van der Waals surface area contributed by atoms with Crippen molar-refractivity contribution >= 4 is 17.3 Å². The molecule has 7 heteroatoms. The Morgan fingerprint density at radius 1 is 1.12 bits per heavy atom. The monoisotopic (exact) mass is 336 g/mol. The fourth-order valence-corrected chi connectivity index (χ4v) is 2.11. The molecule has 128 valence electrons. The predicted molar refractivity (Wildman–Crippen MR) is 88.3 cm³/mol. The molecule has 0 saturated carbocycles. The molecular formula is C17H18F2N2O3. The van der Waals surface area contributed by atoms with Gasteiger partial charge < -0.3 is 19.7 Å². The highest BCUT2D eigenvalue weighted by Crippen LogP contribution is 2.33. The SMILES string of the molecule is COc1cccc(C(=O)Nc2ccc(N(C)C)cc2)c1OC(F)F. The zero-order chi connectivity index (χ0) is 17.7. The molecule has 0 aromatic heterocycles. The third kappa shape index (κ3) is 4.13. The Morgan fingerprint density at radius 2 is 1.79 bits per heavy atom. The molecular weight excluding hydrogens is 318 g/mol. The number of amides is 1. The zero-order valence-corrected chi connectivity index (χ0v) is 13.5. The van der Waals surface area contributed by atoms with Crippen LogP contribution >= 0.6 is 0 Å². The number of anilines is 2. The Hall–Kier alpha value is -2.83. The second-order valence-corrected chi connectivity index (χ2v) is 5.11. The van der Waals surface area contributed by atoms with Gasteiger partial charge in [0.2, 0.25) is 0 Å². The molecule has 0 unspecified atom stereocenters. The molecule has 0 aliphatic carbocycles. The number of para-hydroxylation sites is 1. The smallest absolute Gasteiger partial charge is 0.387 e. The maximum Gasteiger partial charge on any atom is 0.387 e. The van der Waals surface area contributed by atoms with Crippen LogP contribution in [0.1, 0.15) is 10.4 Å². The van der Waals surface area contributed by atoms with Crippen molar-refractivity contribution in [1.82, 2.24) is 0 Å². The fourth-order valence-electron chi connectivity index (χ4n) is 2.11. The summed E-state index contributed by atoms with van der Waals surface area (Å²) in [7, 11) is 5.12. The molecule has 0 heterocycles. The molecule has 0 spiro atoms. The first-order chi connectivity index (χ1) is 11.4. The van der Waals surface area contributed by atoms with E-state index in [-0.39, 0.29) is 17.1 Å². The van der Waals surface area contributed by atoms with Crippen molar-refractivity contribution in [1.29, 1.82) is 0 Å². The number of benzene rings is 2. The van der Waals surface area contributed by atoms with Crippen molar-refractivity contribution in [2.45, 2.75) is 6.61 Å². The van der Waals surface area contributed by atoms with E-state index in [4.69, 9.17) is 4.74 Å². The van der Waals surface area contributed by atoms with Crippen molar-refractivity contribution < 1.29 is 23.0 Å². The number of carbonyl (C=O) groups is 1. The van der Waals surface area contributed by atoms with E-state index in [1.54, 1.807) is 12.1 Å². The standard InChI is InChI=1S/C17H18F2N2O3/c1-21(2)12-9-7-11(8-10-12)20-16(22)13-5-4-6-14(23-3)15(13)24-17(18)19/h4-10,17H,1-3H3,(H,20,22). The first-order valence-corrected chi connectivity index (χ1v) is 7.13. The van der Waals surface area contributed by atoms with E-state index in [1.807, 2.05) is 31.1 Å². The Labute approximate surface area is 138 Å². The van der Waals surface area contributed by atoms with Crippen LogP contribution in [0, 0.1) is 0 Å². The molecule has 1 N–H and O–H groups in total. The second-order valence-electron chi connectivity index (χ2n) is 5.11. The molecule has 0 bridgehead atoms. The van der Waals surface area contributed by atoms with Gasteiger partial charge in [0.1, 0.15) is 0 Å². The van der Waals surface area contributed by atoms with Gasteiger partial charge in [-0.25, -0.2) is 0 Å². The Kier molecular flexibility index (Phi) is 5.57. The average molecular weight is 336 g/mol. The van der Waals surface area contributed by atoms with Crippen LogP contribution in [0.15, 0.2) is 42.5 Å². The van der Waals surface area contributed by atoms with Crippen LogP contribution in [0.5, 0.6) is 11.5 Å². The van der Waals surface area contributed by atoms with E-state index in [9.17, 15) is 13.6 Å². The highest BCUT2D eigenvalue weighted by atomic mass is 19.3. The number of hydrogen-bond donors (Lipinski definition) is 1. The summed E-state index contributed by atoms with van der Waals surface area (Å²) in [4.78, 5) is 14.3. The van der Waals surface area contributed by atoms with Gasteiger partial charge in [0.15, 0.2) is 11.5 Å². The van der Waals surface area contributed by atoms with Gasteiger partial charge in [0.25, 0.3) is 5.91 Å². The molecule has 2 aromatic carbocycles. The normalized spacial score (nSPS) is 10.4. The highest BCUT2D eigenvalue weighted by Gasteiger charge is 2.20. The van der Waals surface area contributed by atoms with Crippen LogP contribution in [0.25, 0.3) is 0 Å². The lowest BCUT2D eigenvalue weighted by Gasteiger charge is -2.15. The van der Waals surface area contributed by atoms with Crippen molar-refractivity contribution in [2.75, 3.05) is 31.4 Å². The third-order valence-electron chi connectivity index (χ3n) is 3.29. The summed E-state index contributed by atoms with van der Waals surface area (Å²) in [5, 5.41) is 2.65. The van der Waals surface area contributed by atoms with Gasteiger partial charge >= 0.3 is 6.61 Å². The number of alkyl halides is 2. The van der Waals surface area contributed by atoms with E-state index in [0.717, 1.165) is 5.69 Å². The lowest BCUT2D eigenvalue weighted by molar-refractivity contribution is -0.0515. The molecule has 0 fully saturated rings. The van der Waals surface area contributed by atoms with Crippen molar-refractivity contribution in [3.63, 3.8) is 0 Å². The molecule has 0 saturated heterocycles. The number of carbonyl (C=O) groups excluding carboxylic acids is 1. The zero-order valence-electron chi connectivity index (χ0n) is 13.5. The van der Waals surface area contributed by atoms with Gasteiger partial charge in [-0.05, 0) is 36.4 Å². The lowest BCUT2D eigenvalue weighted by atomic mass is 10.1. The molecule has 0 aliphatic heterocycles. The number of methoxy groups -OCH3 is 1. The quantitative estimate of drug-likeness (QED) is 0.875. The van der Waals surface area contributed by atoms with Crippen molar-refractivity contribution in [2.24, 2.45) is 0 Å². The minimum atomic E-state index is -3.06. The molecule has 2 aromatic rings. The van der Waals surface area contributed by atoms with Crippen molar-refractivity contribution in [3.8, 4) is 11.5 Å². The van der Waals surface area contributed by atoms with E-state index >= 15 is 0 Å². The fraction of sp³-hybridized carbons (Fsp3) is 0.235. The van der Waals surface area contributed by atoms with E-state index < -0.39 is 12.5 Å². The number of nitrogens with zero attached hydrogens (tertiary/aromatic N) is 1. The minimum Gasteiger partial charge on any atom is -0.493 e. The van der Waals surface area contributed by atoms with Gasteiger partial charge in [-0.3, -0.25) is 4.79 Å². The summed E-state index contributed by atoms with van der Waals surface area (Å²) in [6.07, 6.45) is 0. The summed E-state index contributed by atoms with van der Waals surface area (Å²) in [6.45, 7) is -3.06. The molecule has 0 atom stereocenters. The predicted octanol–water partition coefficient (Wildman–Crippen LogP) is 3.61. The molecule has 0 aliphatic rings. The Bertz CT molecular complexity index is 703. The van der Waals surface area contributed by atoms with Crippen LogP contribution in [0.3, 0.4) is 0 Å². The highest BCUT2D eigenvalue weighted by molar-refractivity contribution is 6.06. The Morgan fingerprint density at radius 3 is 2.33 bits per heavy atom. The first-order valence-electron chi connectivity index (χ1n) is 7.13. The maximum absolute atomic E-state index is 12.6. The summed E-state index contributed by atoms with van der Waals surface area (Å²) < 4.78 is 34.7. The van der Waals surface area contributed by atoms with Crippen LogP contribution in [0.2, 0.25) is 0 Å². The minimum absolute atomic E-state index is 0.0358. The molecule has 5 nitrogen and oxygen atoms in total. The van der Waals surface area contributed by atoms with Gasteiger partial charge in [-0.2, -0.15) is 8.78 Å². The number of ether oxygens (including phenoxy) is 2. The number of halogens is 2. The summed E-state index contributed by atoms with van der Waals surface area (Å²) in [5.74, 6) is -0.800. The largest absolute Gasteiger partial charge is 0.493 e. The third-order valence-corrected chi connectivity index (χ3v) is 3.29. The van der Waals surface area contributed by atoms with Gasteiger partial charge in [-0.1, -0.05) is 6.07 Å². The van der Waals surface area contributed by atoms with Crippen molar-refractivity contribution in [3.05, 3.63) is 48.0 Å². The van der Waals surface area contributed by atoms with Gasteiger partial charge in [0, 0.05) is 25.5 Å². The first kappa shape index (κ1) is 17.5.